The molecule has 1 amide bonds. The van der Waals surface area contributed by atoms with Crippen molar-refractivity contribution in [2.24, 2.45) is 11.1 Å². The Kier molecular flexibility index (Phi) is 5.09. The number of likely N-dealkylation sites (tertiary alicyclic amines) is 1. The second-order valence-electron chi connectivity index (χ2n) is 7.67. The summed E-state index contributed by atoms with van der Waals surface area (Å²) in [6.07, 6.45) is 1.47. The van der Waals surface area contributed by atoms with Crippen molar-refractivity contribution in [2.45, 2.75) is 46.1 Å². The zero-order valence-electron chi connectivity index (χ0n) is 15.5. The summed E-state index contributed by atoms with van der Waals surface area (Å²) in [6.45, 7) is 7.21. The molecular formula is C19H25FN4O2. The SMILES string of the molecule is Cc1ccc(-c2noc(CCC(=O)N3CCC(N)C(C)(C)C3)n2)cc1F. The number of rotatable bonds is 4. The Labute approximate surface area is 152 Å². The van der Waals surface area contributed by atoms with Crippen LogP contribution < -0.4 is 5.73 Å². The first-order valence-corrected chi connectivity index (χ1v) is 8.89. The maximum absolute atomic E-state index is 13.7. The van der Waals surface area contributed by atoms with E-state index in [0.717, 1.165) is 6.42 Å². The number of amides is 1. The molecule has 1 fully saturated rings. The summed E-state index contributed by atoms with van der Waals surface area (Å²) in [7, 11) is 0. The van der Waals surface area contributed by atoms with E-state index in [1.165, 1.54) is 6.07 Å². The zero-order valence-corrected chi connectivity index (χ0v) is 15.5. The predicted octanol–water partition coefficient (Wildman–Crippen LogP) is 2.70. The first-order chi connectivity index (χ1) is 12.3. The topological polar surface area (TPSA) is 85.2 Å². The normalized spacial score (nSPS) is 19.6. The largest absolute Gasteiger partial charge is 0.342 e. The van der Waals surface area contributed by atoms with Gasteiger partial charge in [0.15, 0.2) is 0 Å². The van der Waals surface area contributed by atoms with Crippen LogP contribution in [0.1, 0.15) is 38.1 Å². The number of piperidine rings is 1. The van der Waals surface area contributed by atoms with E-state index in [1.807, 2.05) is 4.90 Å². The van der Waals surface area contributed by atoms with Gasteiger partial charge in [0.05, 0.1) is 0 Å². The second-order valence-corrected chi connectivity index (χ2v) is 7.67. The third-order valence-corrected chi connectivity index (χ3v) is 5.12. The van der Waals surface area contributed by atoms with Gasteiger partial charge in [-0.1, -0.05) is 31.1 Å². The van der Waals surface area contributed by atoms with Gasteiger partial charge in [-0.15, -0.1) is 0 Å². The summed E-state index contributed by atoms with van der Waals surface area (Å²) in [5.74, 6) is 0.458. The highest BCUT2D eigenvalue weighted by atomic mass is 19.1. The van der Waals surface area contributed by atoms with E-state index in [4.69, 9.17) is 10.3 Å². The molecular weight excluding hydrogens is 335 g/mol. The first-order valence-electron chi connectivity index (χ1n) is 8.89. The number of carbonyl (C=O) groups excluding carboxylic acids is 1. The van der Waals surface area contributed by atoms with Crippen LogP contribution in [0.2, 0.25) is 0 Å². The fourth-order valence-electron chi connectivity index (χ4n) is 3.16. The molecule has 0 saturated carbocycles. The van der Waals surface area contributed by atoms with Crippen molar-refractivity contribution in [1.29, 1.82) is 0 Å². The Bertz CT molecular complexity index is 803. The smallest absolute Gasteiger partial charge is 0.227 e. The maximum Gasteiger partial charge on any atom is 0.227 e. The highest BCUT2D eigenvalue weighted by Crippen LogP contribution is 2.28. The number of hydrogen-bond acceptors (Lipinski definition) is 5. The minimum atomic E-state index is -0.310. The number of benzene rings is 1. The molecule has 1 aliphatic rings. The van der Waals surface area contributed by atoms with E-state index in [1.54, 1.807) is 19.1 Å². The van der Waals surface area contributed by atoms with E-state index in [2.05, 4.69) is 24.0 Å². The van der Waals surface area contributed by atoms with Crippen LogP contribution in [-0.2, 0) is 11.2 Å². The van der Waals surface area contributed by atoms with Crippen LogP contribution in [0.3, 0.4) is 0 Å². The quantitative estimate of drug-likeness (QED) is 0.906. The summed E-state index contributed by atoms with van der Waals surface area (Å²) in [4.78, 5) is 18.6. The molecule has 1 aromatic carbocycles. The number of hydrogen-bond donors (Lipinski definition) is 1. The monoisotopic (exact) mass is 360 g/mol. The van der Waals surface area contributed by atoms with Crippen molar-refractivity contribution in [3.63, 3.8) is 0 Å². The molecule has 2 heterocycles. The number of nitrogens with zero attached hydrogens (tertiary/aromatic N) is 3. The van der Waals surface area contributed by atoms with Gasteiger partial charge in [0.25, 0.3) is 0 Å². The van der Waals surface area contributed by atoms with Crippen LogP contribution in [0.4, 0.5) is 4.39 Å². The first kappa shape index (κ1) is 18.5. The van der Waals surface area contributed by atoms with E-state index < -0.39 is 0 Å². The van der Waals surface area contributed by atoms with E-state index in [-0.39, 0.29) is 23.2 Å². The lowest BCUT2D eigenvalue weighted by atomic mass is 9.79. The predicted molar refractivity (Wildman–Crippen MR) is 95.7 cm³/mol. The van der Waals surface area contributed by atoms with Gasteiger partial charge >= 0.3 is 0 Å². The Morgan fingerprint density at radius 1 is 1.46 bits per heavy atom. The molecule has 140 valence electrons. The highest BCUT2D eigenvalue weighted by Gasteiger charge is 2.35. The molecule has 2 aromatic rings. The number of aryl methyl sites for hydroxylation is 2. The van der Waals surface area contributed by atoms with Gasteiger partial charge in [-0.3, -0.25) is 4.79 Å². The third kappa shape index (κ3) is 3.93. The lowest BCUT2D eigenvalue weighted by Crippen LogP contribution is -2.54. The zero-order chi connectivity index (χ0) is 18.9. The van der Waals surface area contributed by atoms with Crippen LogP contribution in [0.25, 0.3) is 11.4 Å². The minimum Gasteiger partial charge on any atom is -0.342 e. The van der Waals surface area contributed by atoms with Crippen molar-refractivity contribution in [2.75, 3.05) is 13.1 Å². The van der Waals surface area contributed by atoms with Gasteiger partial charge < -0.3 is 15.2 Å². The maximum atomic E-state index is 13.7. The van der Waals surface area contributed by atoms with Crippen molar-refractivity contribution in [3.8, 4) is 11.4 Å². The fraction of sp³-hybridized carbons (Fsp3) is 0.526. The molecule has 1 aliphatic heterocycles. The third-order valence-electron chi connectivity index (χ3n) is 5.12. The van der Waals surface area contributed by atoms with Crippen molar-refractivity contribution in [3.05, 3.63) is 35.5 Å². The van der Waals surface area contributed by atoms with Crippen LogP contribution in [0.15, 0.2) is 22.7 Å². The Hall–Kier alpha value is -2.28. The Morgan fingerprint density at radius 3 is 2.92 bits per heavy atom. The molecule has 6 nitrogen and oxygen atoms in total. The van der Waals surface area contributed by atoms with Gasteiger partial charge in [0.2, 0.25) is 17.6 Å². The van der Waals surface area contributed by atoms with Gasteiger partial charge in [-0.25, -0.2) is 4.39 Å². The fourth-order valence-corrected chi connectivity index (χ4v) is 3.16. The summed E-state index contributed by atoms with van der Waals surface area (Å²) in [6, 6.07) is 4.92. The van der Waals surface area contributed by atoms with Crippen LogP contribution in [0, 0.1) is 18.2 Å². The number of nitrogens with two attached hydrogens (primary N) is 1. The number of halogens is 1. The van der Waals surface area contributed by atoms with Crippen LogP contribution in [0.5, 0.6) is 0 Å². The van der Waals surface area contributed by atoms with Crippen LogP contribution in [-0.4, -0.2) is 40.1 Å². The van der Waals surface area contributed by atoms with Crippen LogP contribution >= 0.6 is 0 Å². The molecule has 0 bridgehead atoms. The molecule has 1 saturated heterocycles. The van der Waals surface area contributed by atoms with Crippen molar-refractivity contribution < 1.29 is 13.7 Å². The summed E-state index contributed by atoms with van der Waals surface area (Å²) < 4.78 is 18.9. The molecule has 3 rings (SSSR count). The molecule has 7 heteroatoms. The van der Waals surface area contributed by atoms with E-state index in [9.17, 15) is 9.18 Å². The van der Waals surface area contributed by atoms with E-state index in [0.29, 0.717) is 48.8 Å². The average Bonchev–Trinajstić information content (AvgIpc) is 3.06. The summed E-state index contributed by atoms with van der Waals surface area (Å²) >= 11 is 0. The lowest BCUT2D eigenvalue weighted by molar-refractivity contribution is -0.134. The van der Waals surface area contributed by atoms with Gasteiger partial charge in [-0.05, 0) is 30.4 Å². The summed E-state index contributed by atoms with van der Waals surface area (Å²) in [5, 5.41) is 3.89. The van der Waals surface area contributed by atoms with Crippen molar-refractivity contribution in [1.82, 2.24) is 15.0 Å². The molecule has 0 aliphatic carbocycles. The number of carbonyl (C=O) groups is 1. The number of aromatic nitrogens is 2. The Balaban J connectivity index is 1.59. The standard InChI is InChI=1S/C19H25FN4O2/c1-12-4-5-13(10-14(12)20)18-22-16(26-23-18)6-7-17(25)24-9-8-15(21)19(2,3)11-24/h4-5,10,15H,6-9,11,21H2,1-3H3. The molecule has 26 heavy (non-hydrogen) atoms. The molecule has 1 aromatic heterocycles. The lowest BCUT2D eigenvalue weighted by Gasteiger charge is -2.42. The molecule has 1 atom stereocenters. The van der Waals surface area contributed by atoms with E-state index >= 15 is 0 Å². The minimum absolute atomic E-state index is 0.0612. The second kappa shape index (κ2) is 7.15. The van der Waals surface area contributed by atoms with Crippen molar-refractivity contribution >= 4 is 5.91 Å². The molecule has 0 spiro atoms. The van der Waals surface area contributed by atoms with Gasteiger partial charge in [0, 0.05) is 37.5 Å². The molecule has 1 unspecified atom stereocenters. The highest BCUT2D eigenvalue weighted by molar-refractivity contribution is 5.76. The van der Waals surface area contributed by atoms with Gasteiger partial charge in [-0.2, -0.15) is 4.98 Å². The average molecular weight is 360 g/mol. The summed E-state index contributed by atoms with van der Waals surface area (Å²) in [5.41, 5.74) is 7.16. The Morgan fingerprint density at radius 2 is 2.23 bits per heavy atom. The molecule has 2 N–H and O–H groups in total. The molecule has 0 radical (unpaired) electrons. The van der Waals surface area contributed by atoms with Gasteiger partial charge in [0.1, 0.15) is 5.82 Å².